The normalized spacial score (nSPS) is 16.5. The number of nitrogens with zero attached hydrogens (tertiary/aromatic N) is 2. The van der Waals surface area contributed by atoms with Crippen molar-refractivity contribution in [2.24, 2.45) is 10.7 Å². The number of nitrogens with one attached hydrogen (secondary N) is 1. The number of hydrogen-bond donors (Lipinski definition) is 2. The highest BCUT2D eigenvalue weighted by Crippen LogP contribution is 2.23. The van der Waals surface area contributed by atoms with E-state index in [2.05, 4.69) is 24.2 Å². The number of rotatable bonds is 5. The first-order valence-electron chi connectivity index (χ1n) is 9.06. The van der Waals surface area contributed by atoms with Gasteiger partial charge in [0.15, 0.2) is 5.96 Å². The van der Waals surface area contributed by atoms with Crippen LogP contribution in [-0.2, 0) is 10.2 Å². The highest BCUT2D eigenvalue weighted by atomic mass is 19.1. The van der Waals surface area contributed by atoms with Crippen LogP contribution in [0.5, 0.6) is 0 Å². The van der Waals surface area contributed by atoms with Gasteiger partial charge in [-0.05, 0) is 37.5 Å². The van der Waals surface area contributed by atoms with Crippen molar-refractivity contribution in [3.8, 4) is 0 Å². The standard InChI is InChI=1S/C19H29FN4O2/c1-4-26-18(25)24-11-9-16(10-12-24)23-17(21)22-13-19(2,3)14-5-7-15(20)8-6-14/h5-8,16H,4,9-13H2,1-3H3,(H3,21,22,23). The fraction of sp³-hybridized carbons (Fsp3) is 0.579. The lowest BCUT2D eigenvalue weighted by Gasteiger charge is -2.32. The van der Waals surface area contributed by atoms with E-state index in [-0.39, 0.29) is 23.4 Å². The number of guanidine groups is 1. The molecule has 0 radical (unpaired) electrons. The van der Waals surface area contributed by atoms with Gasteiger partial charge in [0.1, 0.15) is 5.82 Å². The molecule has 0 bridgehead atoms. The van der Waals surface area contributed by atoms with Gasteiger partial charge in [0, 0.05) is 24.5 Å². The Morgan fingerprint density at radius 2 is 1.96 bits per heavy atom. The average Bonchev–Trinajstić information content (AvgIpc) is 2.61. The van der Waals surface area contributed by atoms with Crippen LogP contribution in [0.3, 0.4) is 0 Å². The summed E-state index contributed by atoms with van der Waals surface area (Å²) in [6.07, 6.45) is 1.35. The number of amides is 1. The number of hydrogen-bond acceptors (Lipinski definition) is 3. The van der Waals surface area contributed by atoms with Crippen LogP contribution in [0.4, 0.5) is 9.18 Å². The summed E-state index contributed by atoms with van der Waals surface area (Å²) in [5.74, 6) is 0.151. The maximum Gasteiger partial charge on any atom is 0.409 e. The van der Waals surface area contributed by atoms with Crippen molar-refractivity contribution in [2.75, 3.05) is 26.2 Å². The lowest BCUT2D eigenvalue weighted by molar-refractivity contribution is 0.0963. The van der Waals surface area contributed by atoms with Crippen LogP contribution >= 0.6 is 0 Å². The number of halogens is 1. The van der Waals surface area contributed by atoms with Gasteiger partial charge < -0.3 is 20.7 Å². The Morgan fingerprint density at radius 3 is 2.54 bits per heavy atom. The zero-order chi connectivity index (χ0) is 19.2. The van der Waals surface area contributed by atoms with Gasteiger partial charge in [0.25, 0.3) is 0 Å². The van der Waals surface area contributed by atoms with Gasteiger partial charge in [-0.15, -0.1) is 0 Å². The molecule has 1 saturated heterocycles. The van der Waals surface area contributed by atoms with Crippen molar-refractivity contribution in [1.29, 1.82) is 0 Å². The molecule has 0 spiro atoms. The molecule has 26 heavy (non-hydrogen) atoms. The highest BCUT2D eigenvalue weighted by molar-refractivity contribution is 5.78. The van der Waals surface area contributed by atoms with Crippen LogP contribution in [0.25, 0.3) is 0 Å². The monoisotopic (exact) mass is 364 g/mol. The van der Waals surface area contributed by atoms with E-state index in [0.29, 0.717) is 32.2 Å². The molecule has 3 N–H and O–H groups in total. The summed E-state index contributed by atoms with van der Waals surface area (Å²) in [5.41, 5.74) is 6.80. The molecular weight excluding hydrogens is 335 g/mol. The maximum atomic E-state index is 13.1. The smallest absolute Gasteiger partial charge is 0.409 e. The summed E-state index contributed by atoms with van der Waals surface area (Å²) in [4.78, 5) is 17.9. The fourth-order valence-corrected chi connectivity index (χ4v) is 2.95. The molecule has 6 nitrogen and oxygen atoms in total. The van der Waals surface area contributed by atoms with Gasteiger partial charge in [-0.3, -0.25) is 4.99 Å². The second-order valence-electron chi connectivity index (χ2n) is 7.20. The number of benzene rings is 1. The van der Waals surface area contributed by atoms with Gasteiger partial charge in [0.05, 0.1) is 13.2 Å². The Labute approximate surface area is 154 Å². The summed E-state index contributed by atoms with van der Waals surface area (Å²) in [5, 5.41) is 3.23. The molecule has 1 amide bonds. The van der Waals surface area contributed by atoms with Crippen molar-refractivity contribution >= 4 is 12.1 Å². The zero-order valence-corrected chi connectivity index (χ0v) is 15.8. The molecular formula is C19H29FN4O2. The number of carbonyl (C=O) groups excluding carboxylic acids is 1. The van der Waals surface area contributed by atoms with Gasteiger partial charge >= 0.3 is 6.09 Å². The molecule has 1 aromatic rings. The van der Waals surface area contributed by atoms with Gasteiger partial charge in [-0.1, -0.05) is 26.0 Å². The molecule has 1 aliphatic heterocycles. The van der Waals surface area contributed by atoms with E-state index in [9.17, 15) is 9.18 Å². The quantitative estimate of drug-likeness (QED) is 0.622. The van der Waals surface area contributed by atoms with Crippen LogP contribution in [0.1, 0.15) is 39.2 Å². The molecule has 0 unspecified atom stereocenters. The molecule has 144 valence electrons. The van der Waals surface area contributed by atoms with Gasteiger partial charge in [-0.2, -0.15) is 0 Å². The number of piperidine rings is 1. The molecule has 1 aromatic carbocycles. The molecule has 0 aromatic heterocycles. The Balaban J connectivity index is 1.83. The number of carbonyl (C=O) groups is 1. The predicted molar refractivity (Wildman–Crippen MR) is 101 cm³/mol. The summed E-state index contributed by atoms with van der Waals surface area (Å²) in [7, 11) is 0. The van der Waals surface area contributed by atoms with Crippen LogP contribution in [0.2, 0.25) is 0 Å². The van der Waals surface area contributed by atoms with Crippen molar-refractivity contribution in [3.63, 3.8) is 0 Å². The summed E-state index contributed by atoms with van der Waals surface area (Å²) >= 11 is 0. The Hall–Kier alpha value is -2.31. The average molecular weight is 364 g/mol. The number of aliphatic imine (C=N–C) groups is 1. The first kappa shape index (κ1) is 20.0. The minimum absolute atomic E-state index is 0.193. The maximum absolute atomic E-state index is 13.1. The molecule has 1 fully saturated rings. The molecule has 0 aliphatic carbocycles. The Bertz CT molecular complexity index is 623. The minimum atomic E-state index is -0.256. The van der Waals surface area contributed by atoms with E-state index < -0.39 is 0 Å². The molecule has 7 heteroatoms. The van der Waals surface area contributed by atoms with E-state index in [1.807, 2.05) is 0 Å². The van der Waals surface area contributed by atoms with E-state index >= 15 is 0 Å². The topological polar surface area (TPSA) is 80.0 Å². The van der Waals surface area contributed by atoms with Gasteiger partial charge in [-0.25, -0.2) is 9.18 Å². The largest absolute Gasteiger partial charge is 0.450 e. The van der Waals surface area contributed by atoms with Crippen molar-refractivity contribution < 1.29 is 13.9 Å². The number of likely N-dealkylation sites (tertiary alicyclic amines) is 1. The SMILES string of the molecule is CCOC(=O)N1CCC(NC(N)=NCC(C)(C)c2ccc(F)cc2)CC1. The Kier molecular flexibility index (Phi) is 6.83. The third-order valence-corrected chi connectivity index (χ3v) is 4.64. The predicted octanol–water partition coefficient (Wildman–Crippen LogP) is 2.63. The van der Waals surface area contributed by atoms with Crippen LogP contribution in [0, 0.1) is 5.82 Å². The van der Waals surface area contributed by atoms with Crippen molar-refractivity contribution in [2.45, 2.75) is 45.1 Å². The summed E-state index contributed by atoms with van der Waals surface area (Å²) < 4.78 is 18.1. The first-order chi connectivity index (χ1) is 12.3. The molecule has 2 rings (SSSR count). The molecule has 1 aliphatic rings. The third kappa shape index (κ3) is 5.61. The highest BCUT2D eigenvalue weighted by Gasteiger charge is 2.24. The van der Waals surface area contributed by atoms with Crippen LogP contribution in [-0.4, -0.2) is 49.2 Å². The molecule has 0 atom stereocenters. The van der Waals surface area contributed by atoms with Crippen LogP contribution < -0.4 is 11.1 Å². The first-order valence-corrected chi connectivity index (χ1v) is 9.06. The summed E-state index contributed by atoms with van der Waals surface area (Å²) in [6.45, 7) is 8.08. The lowest BCUT2D eigenvalue weighted by atomic mass is 9.85. The van der Waals surface area contributed by atoms with E-state index in [1.165, 1.54) is 12.1 Å². The van der Waals surface area contributed by atoms with Crippen molar-refractivity contribution in [1.82, 2.24) is 10.2 Å². The summed E-state index contributed by atoms with van der Waals surface area (Å²) in [6, 6.07) is 6.66. The van der Waals surface area contributed by atoms with Gasteiger partial charge in [0.2, 0.25) is 0 Å². The second-order valence-corrected chi connectivity index (χ2v) is 7.20. The number of nitrogens with two attached hydrogens (primary N) is 1. The second kappa shape index (κ2) is 8.87. The fourth-order valence-electron chi connectivity index (χ4n) is 2.95. The third-order valence-electron chi connectivity index (χ3n) is 4.64. The van der Waals surface area contributed by atoms with E-state index in [1.54, 1.807) is 24.0 Å². The zero-order valence-electron chi connectivity index (χ0n) is 15.8. The Morgan fingerprint density at radius 1 is 1.35 bits per heavy atom. The molecule has 1 heterocycles. The van der Waals surface area contributed by atoms with E-state index in [4.69, 9.17) is 10.5 Å². The van der Waals surface area contributed by atoms with E-state index in [0.717, 1.165) is 18.4 Å². The number of ether oxygens (including phenoxy) is 1. The minimum Gasteiger partial charge on any atom is -0.450 e. The molecule has 0 saturated carbocycles. The van der Waals surface area contributed by atoms with Crippen LogP contribution in [0.15, 0.2) is 29.3 Å². The lowest BCUT2D eigenvalue weighted by Crippen LogP contribution is -2.48. The van der Waals surface area contributed by atoms with Crippen molar-refractivity contribution in [3.05, 3.63) is 35.6 Å².